The Hall–Kier alpha value is -3.02. The molecule has 0 aliphatic heterocycles. The molecule has 3 heterocycles. The summed E-state index contributed by atoms with van der Waals surface area (Å²) in [5.74, 6) is 0.861. The van der Waals surface area contributed by atoms with Crippen molar-refractivity contribution in [2.24, 2.45) is 0 Å². The minimum atomic E-state index is 0.428. The highest BCUT2D eigenvalue weighted by atomic mass is 14.9. The van der Waals surface area contributed by atoms with Crippen molar-refractivity contribution >= 4 is 11.6 Å². The Morgan fingerprint density at radius 2 is 1.75 bits per heavy atom. The normalized spacial score (nSPS) is 10.4. The van der Waals surface area contributed by atoms with Gasteiger partial charge in [0.15, 0.2) is 0 Å². The van der Waals surface area contributed by atoms with Gasteiger partial charge in [-0.15, -0.1) is 0 Å². The maximum Gasteiger partial charge on any atom is 0.124 e. The van der Waals surface area contributed by atoms with E-state index in [4.69, 9.17) is 11.5 Å². The number of aromatic nitrogens is 4. The molecule has 0 unspecified atom stereocenters. The zero-order valence-corrected chi connectivity index (χ0v) is 10.6. The predicted octanol–water partition coefficient (Wildman–Crippen LogP) is 1.77. The van der Waals surface area contributed by atoms with Gasteiger partial charge in [-0.1, -0.05) is 0 Å². The highest BCUT2D eigenvalue weighted by molar-refractivity contribution is 5.80. The van der Waals surface area contributed by atoms with E-state index in [1.54, 1.807) is 36.9 Å². The van der Waals surface area contributed by atoms with Crippen molar-refractivity contribution in [2.75, 3.05) is 11.5 Å². The van der Waals surface area contributed by atoms with Gasteiger partial charge in [0.1, 0.15) is 11.6 Å². The molecule has 98 valence electrons. The van der Waals surface area contributed by atoms with Gasteiger partial charge in [0, 0.05) is 29.7 Å². The van der Waals surface area contributed by atoms with E-state index >= 15 is 0 Å². The summed E-state index contributed by atoms with van der Waals surface area (Å²) >= 11 is 0. The fraction of sp³-hybridized carbons (Fsp3) is 0. The molecule has 0 atom stereocenters. The lowest BCUT2D eigenvalue weighted by atomic mass is 10.0. The van der Waals surface area contributed by atoms with Crippen LogP contribution in [0.2, 0.25) is 0 Å². The molecule has 0 bridgehead atoms. The molecule has 6 nitrogen and oxygen atoms in total. The number of nitrogen functional groups attached to an aromatic ring is 2. The van der Waals surface area contributed by atoms with Crippen LogP contribution in [0.15, 0.2) is 49.1 Å². The van der Waals surface area contributed by atoms with Crippen molar-refractivity contribution in [1.82, 2.24) is 19.9 Å². The molecule has 0 radical (unpaired) electrons. The minimum Gasteiger partial charge on any atom is -0.384 e. The van der Waals surface area contributed by atoms with Crippen LogP contribution < -0.4 is 11.5 Å². The molecule has 0 aliphatic rings. The van der Waals surface area contributed by atoms with Crippen LogP contribution in [0.3, 0.4) is 0 Å². The molecular formula is C14H12N6. The van der Waals surface area contributed by atoms with E-state index in [9.17, 15) is 0 Å². The summed E-state index contributed by atoms with van der Waals surface area (Å²) in [6.07, 6.45) is 6.58. The summed E-state index contributed by atoms with van der Waals surface area (Å²) in [6, 6.07) is 7.19. The first kappa shape index (κ1) is 12.0. The standard InChI is InChI=1S/C14H12N6/c15-12-2-1-10(11-8-17-5-6-18-11)14(20-12)9-3-4-19-13(16)7-9/h1-8H,(H2,15,20)(H2,16,19). The van der Waals surface area contributed by atoms with Crippen LogP contribution in [0.25, 0.3) is 22.5 Å². The molecule has 0 amide bonds. The Labute approximate surface area is 115 Å². The Bertz CT molecular complexity index is 742. The molecule has 20 heavy (non-hydrogen) atoms. The van der Waals surface area contributed by atoms with Crippen molar-refractivity contribution < 1.29 is 0 Å². The third-order valence-corrected chi connectivity index (χ3v) is 2.81. The first-order valence-corrected chi connectivity index (χ1v) is 5.99. The van der Waals surface area contributed by atoms with Crippen molar-refractivity contribution in [1.29, 1.82) is 0 Å². The first-order chi connectivity index (χ1) is 9.74. The maximum atomic E-state index is 5.79. The minimum absolute atomic E-state index is 0.428. The molecule has 0 saturated carbocycles. The average Bonchev–Trinajstić information content (AvgIpc) is 2.48. The largest absolute Gasteiger partial charge is 0.384 e. The Morgan fingerprint density at radius 1 is 0.850 bits per heavy atom. The molecule has 0 saturated heterocycles. The number of hydrogen-bond acceptors (Lipinski definition) is 6. The van der Waals surface area contributed by atoms with Crippen LogP contribution in [-0.2, 0) is 0 Å². The van der Waals surface area contributed by atoms with Crippen LogP contribution in [-0.4, -0.2) is 19.9 Å². The second-order valence-electron chi connectivity index (χ2n) is 4.19. The third-order valence-electron chi connectivity index (χ3n) is 2.81. The smallest absolute Gasteiger partial charge is 0.124 e. The molecule has 6 heteroatoms. The van der Waals surface area contributed by atoms with Crippen LogP contribution in [0.1, 0.15) is 0 Å². The van der Waals surface area contributed by atoms with E-state index in [2.05, 4.69) is 19.9 Å². The summed E-state index contributed by atoms with van der Waals surface area (Å²) in [6.45, 7) is 0. The highest BCUT2D eigenvalue weighted by Gasteiger charge is 2.11. The lowest BCUT2D eigenvalue weighted by Crippen LogP contribution is -1.97. The van der Waals surface area contributed by atoms with Gasteiger partial charge in [0.2, 0.25) is 0 Å². The molecule has 4 N–H and O–H groups in total. The second-order valence-corrected chi connectivity index (χ2v) is 4.19. The molecule has 0 spiro atoms. The fourth-order valence-corrected chi connectivity index (χ4v) is 1.93. The summed E-state index contributed by atoms with van der Waals surface area (Å²) < 4.78 is 0. The SMILES string of the molecule is Nc1cc(-c2nc(N)ccc2-c2cnccn2)ccn1. The molecule has 0 aliphatic carbocycles. The van der Waals surface area contributed by atoms with Crippen molar-refractivity contribution in [3.8, 4) is 22.5 Å². The summed E-state index contributed by atoms with van der Waals surface area (Å²) in [4.78, 5) is 16.7. The summed E-state index contributed by atoms with van der Waals surface area (Å²) in [5.41, 5.74) is 14.6. The number of hydrogen-bond donors (Lipinski definition) is 2. The van der Waals surface area contributed by atoms with Crippen LogP contribution in [0.5, 0.6) is 0 Å². The van der Waals surface area contributed by atoms with E-state index in [0.29, 0.717) is 17.3 Å². The zero-order chi connectivity index (χ0) is 13.9. The number of nitrogens with zero attached hydrogens (tertiary/aromatic N) is 4. The second kappa shape index (κ2) is 4.93. The quantitative estimate of drug-likeness (QED) is 0.731. The van der Waals surface area contributed by atoms with Crippen LogP contribution in [0, 0.1) is 0 Å². The monoisotopic (exact) mass is 264 g/mol. The lowest BCUT2D eigenvalue weighted by molar-refractivity contribution is 1.20. The van der Waals surface area contributed by atoms with Crippen molar-refractivity contribution in [2.45, 2.75) is 0 Å². The van der Waals surface area contributed by atoms with E-state index in [1.807, 2.05) is 12.1 Å². The van der Waals surface area contributed by atoms with Gasteiger partial charge in [-0.25, -0.2) is 9.97 Å². The van der Waals surface area contributed by atoms with E-state index in [1.165, 1.54) is 0 Å². The third kappa shape index (κ3) is 2.26. The van der Waals surface area contributed by atoms with Gasteiger partial charge < -0.3 is 11.5 Å². The molecule has 0 fully saturated rings. The van der Waals surface area contributed by atoms with E-state index in [-0.39, 0.29) is 0 Å². The topological polar surface area (TPSA) is 104 Å². The van der Waals surface area contributed by atoms with Crippen LogP contribution >= 0.6 is 0 Å². The number of pyridine rings is 2. The van der Waals surface area contributed by atoms with E-state index in [0.717, 1.165) is 16.8 Å². The number of nitrogens with two attached hydrogens (primary N) is 2. The number of rotatable bonds is 2. The van der Waals surface area contributed by atoms with Gasteiger partial charge in [0.25, 0.3) is 0 Å². The van der Waals surface area contributed by atoms with Gasteiger partial charge in [0.05, 0.1) is 17.6 Å². The maximum absolute atomic E-state index is 5.79. The molecule has 0 aromatic carbocycles. The Balaban J connectivity index is 2.22. The fourth-order valence-electron chi connectivity index (χ4n) is 1.93. The van der Waals surface area contributed by atoms with E-state index < -0.39 is 0 Å². The van der Waals surface area contributed by atoms with Gasteiger partial charge >= 0.3 is 0 Å². The van der Waals surface area contributed by atoms with Gasteiger partial charge in [-0.05, 0) is 24.3 Å². The van der Waals surface area contributed by atoms with Crippen LogP contribution in [0.4, 0.5) is 11.6 Å². The average molecular weight is 264 g/mol. The Morgan fingerprint density at radius 3 is 2.50 bits per heavy atom. The molecule has 3 rings (SSSR count). The first-order valence-electron chi connectivity index (χ1n) is 5.99. The number of anilines is 2. The Kier molecular flexibility index (Phi) is 2.96. The zero-order valence-electron chi connectivity index (χ0n) is 10.6. The summed E-state index contributed by atoms with van der Waals surface area (Å²) in [5, 5.41) is 0. The highest BCUT2D eigenvalue weighted by Crippen LogP contribution is 2.30. The van der Waals surface area contributed by atoms with Crippen molar-refractivity contribution in [3.05, 3.63) is 49.1 Å². The van der Waals surface area contributed by atoms with Gasteiger partial charge in [-0.2, -0.15) is 0 Å². The van der Waals surface area contributed by atoms with Gasteiger partial charge in [-0.3, -0.25) is 9.97 Å². The van der Waals surface area contributed by atoms with Crippen molar-refractivity contribution in [3.63, 3.8) is 0 Å². The molecular weight excluding hydrogens is 252 g/mol. The predicted molar refractivity (Wildman–Crippen MR) is 77.3 cm³/mol. The molecule has 3 aromatic heterocycles. The molecule has 3 aromatic rings. The lowest BCUT2D eigenvalue weighted by Gasteiger charge is -2.09. The summed E-state index contributed by atoms with van der Waals surface area (Å²) in [7, 11) is 0.